The van der Waals surface area contributed by atoms with Gasteiger partial charge < -0.3 is 37.9 Å². The van der Waals surface area contributed by atoms with Crippen molar-refractivity contribution in [3.05, 3.63) is 96.1 Å². The molecule has 0 atom stereocenters. The SMILES string of the molecule is C=C(C)C(=O)OCCOCCOc1ccc(C(=O)Oc2ccc(OC(=O)c3ccc(OCCCCOCC4(CC)COC4)cc3)cc2)cc1. The lowest BCUT2D eigenvalue weighted by Crippen LogP contribution is -2.45. The van der Waals surface area contributed by atoms with Crippen LogP contribution in [0.4, 0.5) is 0 Å². The van der Waals surface area contributed by atoms with Crippen molar-refractivity contribution in [2.75, 3.05) is 59.5 Å². The molecule has 0 spiro atoms. The van der Waals surface area contributed by atoms with Gasteiger partial charge in [-0.05, 0) is 99.0 Å². The highest BCUT2D eigenvalue weighted by Crippen LogP contribution is 2.31. The summed E-state index contributed by atoms with van der Waals surface area (Å²) in [5.41, 5.74) is 1.25. The van der Waals surface area contributed by atoms with Crippen LogP contribution >= 0.6 is 0 Å². The van der Waals surface area contributed by atoms with E-state index >= 15 is 0 Å². The number of unbranched alkanes of at least 4 members (excludes halogenated alkanes) is 1. The number of hydrogen-bond donors (Lipinski definition) is 0. The Kier molecular flexibility index (Phi) is 14.6. The largest absolute Gasteiger partial charge is 0.494 e. The van der Waals surface area contributed by atoms with E-state index in [4.69, 9.17) is 37.9 Å². The Morgan fingerprint density at radius 1 is 0.653 bits per heavy atom. The Morgan fingerprint density at radius 2 is 1.14 bits per heavy atom. The molecule has 0 N–H and O–H groups in total. The second-order valence-corrected chi connectivity index (χ2v) is 11.6. The van der Waals surface area contributed by atoms with Gasteiger partial charge >= 0.3 is 17.9 Å². The van der Waals surface area contributed by atoms with Gasteiger partial charge in [-0.25, -0.2) is 14.4 Å². The van der Waals surface area contributed by atoms with Crippen molar-refractivity contribution in [2.45, 2.75) is 33.1 Å². The van der Waals surface area contributed by atoms with Crippen molar-refractivity contribution < 1.29 is 52.3 Å². The number of carbonyl (C=O) groups excluding carboxylic acids is 3. The van der Waals surface area contributed by atoms with Crippen molar-refractivity contribution in [1.29, 1.82) is 0 Å². The molecule has 1 aliphatic heterocycles. The van der Waals surface area contributed by atoms with Crippen LogP contribution in [0.15, 0.2) is 84.9 Å². The molecule has 0 aliphatic carbocycles. The second-order valence-electron chi connectivity index (χ2n) is 11.6. The molecule has 0 saturated carbocycles. The molecule has 0 aromatic heterocycles. The number of hydrogen-bond acceptors (Lipinski definition) is 11. The van der Waals surface area contributed by atoms with Gasteiger partial charge in [-0.1, -0.05) is 13.5 Å². The predicted molar refractivity (Wildman–Crippen MR) is 180 cm³/mol. The summed E-state index contributed by atoms with van der Waals surface area (Å²) in [5.74, 6) is 0.300. The summed E-state index contributed by atoms with van der Waals surface area (Å²) in [7, 11) is 0. The highest BCUT2D eigenvalue weighted by atomic mass is 16.6. The van der Waals surface area contributed by atoms with Gasteiger partial charge in [-0.15, -0.1) is 0 Å². The first-order valence-electron chi connectivity index (χ1n) is 16.3. The molecule has 11 nitrogen and oxygen atoms in total. The third kappa shape index (κ3) is 12.4. The van der Waals surface area contributed by atoms with Gasteiger partial charge in [-0.2, -0.15) is 0 Å². The van der Waals surface area contributed by atoms with Crippen LogP contribution in [0.2, 0.25) is 0 Å². The number of ether oxygens (including phenoxy) is 8. The second kappa shape index (κ2) is 19.3. The van der Waals surface area contributed by atoms with Crippen LogP contribution < -0.4 is 18.9 Å². The molecule has 1 fully saturated rings. The zero-order chi connectivity index (χ0) is 34.9. The van der Waals surface area contributed by atoms with Crippen molar-refractivity contribution >= 4 is 17.9 Å². The van der Waals surface area contributed by atoms with E-state index in [1.165, 1.54) is 0 Å². The zero-order valence-corrected chi connectivity index (χ0v) is 28.1. The van der Waals surface area contributed by atoms with Crippen LogP contribution in [0.25, 0.3) is 0 Å². The van der Waals surface area contributed by atoms with Crippen molar-refractivity contribution in [2.24, 2.45) is 5.41 Å². The van der Waals surface area contributed by atoms with E-state index in [2.05, 4.69) is 13.5 Å². The van der Waals surface area contributed by atoms with Crippen molar-refractivity contribution in [3.63, 3.8) is 0 Å². The molecule has 3 aromatic carbocycles. The molecule has 11 heteroatoms. The highest BCUT2D eigenvalue weighted by Gasteiger charge is 2.36. The number of esters is 3. The number of carbonyl (C=O) groups is 3. The minimum atomic E-state index is -0.552. The van der Waals surface area contributed by atoms with E-state index in [1.807, 2.05) is 0 Å². The zero-order valence-electron chi connectivity index (χ0n) is 28.1. The Balaban J connectivity index is 1.10. The van der Waals surface area contributed by atoms with E-state index in [1.54, 1.807) is 79.7 Å². The van der Waals surface area contributed by atoms with Crippen LogP contribution in [-0.2, 0) is 23.7 Å². The topological polar surface area (TPSA) is 125 Å². The van der Waals surface area contributed by atoms with Crippen molar-refractivity contribution in [3.8, 4) is 23.0 Å². The van der Waals surface area contributed by atoms with Crippen LogP contribution in [0, 0.1) is 5.41 Å². The Bertz CT molecular complexity index is 1490. The molecule has 262 valence electrons. The fourth-order valence-corrected chi connectivity index (χ4v) is 4.48. The Hall–Kier alpha value is -4.71. The fourth-order valence-electron chi connectivity index (χ4n) is 4.48. The maximum Gasteiger partial charge on any atom is 0.343 e. The minimum absolute atomic E-state index is 0.135. The van der Waals surface area contributed by atoms with Crippen LogP contribution in [0.3, 0.4) is 0 Å². The molecule has 0 unspecified atom stereocenters. The van der Waals surface area contributed by atoms with Gasteiger partial charge in [0, 0.05) is 17.6 Å². The third-order valence-corrected chi connectivity index (χ3v) is 7.66. The van der Waals surface area contributed by atoms with E-state index in [0.29, 0.717) is 59.5 Å². The summed E-state index contributed by atoms with van der Waals surface area (Å²) in [6.07, 6.45) is 2.84. The summed E-state index contributed by atoms with van der Waals surface area (Å²) in [6.45, 7) is 11.8. The first-order chi connectivity index (χ1) is 23.8. The number of benzene rings is 3. The first kappa shape index (κ1) is 37.1. The van der Waals surface area contributed by atoms with Crippen LogP contribution in [-0.4, -0.2) is 77.4 Å². The van der Waals surface area contributed by atoms with Crippen molar-refractivity contribution in [1.82, 2.24) is 0 Å². The molecular formula is C38H44O11. The average molecular weight is 677 g/mol. The maximum absolute atomic E-state index is 12.6. The summed E-state index contributed by atoms with van der Waals surface area (Å²) in [6, 6.07) is 19.4. The lowest BCUT2D eigenvalue weighted by molar-refractivity contribution is -0.150. The standard InChI is InChI=1S/C38H44O11/c1-4-38(26-44-27-38)25-43-19-5-6-20-45-31-11-7-29(8-12-31)36(40)48-33-15-17-34(18-16-33)49-37(41)30-9-13-32(14-10-30)46-23-21-42-22-24-47-35(39)28(2)3/h7-18H,2,4-6,19-27H2,1,3H3. The van der Waals surface area contributed by atoms with Gasteiger partial charge in [0.25, 0.3) is 0 Å². The molecule has 0 bridgehead atoms. The Labute approximate surface area is 287 Å². The fraction of sp³-hybridized carbons (Fsp3) is 0.395. The van der Waals surface area contributed by atoms with Gasteiger partial charge in [0.1, 0.15) is 36.2 Å². The average Bonchev–Trinajstić information content (AvgIpc) is 3.09. The van der Waals surface area contributed by atoms with E-state index in [9.17, 15) is 14.4 Å². The molecule has 4 rings (SSSR count). The van der Waals surface area contributed by atoms with Gasteiger partial charge in [0.05, 0.1) is 50.8 Å². The first-order valence-corrected chi connectivity index (χ1v) is 16.3. The van der Waals surface area contributed by atoms with Gasteiger partial charge in [0.15, 0.2) is 0 Å². The molecule has 0 radical (unpaired) electrons. The predicted octanol–water partition coefficient (Wildman–Crippen LogP) is 6.24. The molecule has 1 saturated heterocycles. The van der Waals surface area contributed by atoms with Crippen LogP contribution in [0.5, 0.6) is 23.0 Å². The molecule has 3 aromatic rings. The quantitative estimate of drug-likeness (QED) is 0.0551. The van der Waals surface area contributed by atoms with Crippen LogP contribution in [0.1, 0.15) is 53.8 Å². The normalized spacial score (nSPS) is 13.1. The van der Waals surface area contributed by atoms with E-state index in [-0.39, 0.29) is 25.2 Å². The van der Waals surface area contributed by atoms with E-state index in [0.717, 1.165) is 39.1 Å². The molecule has 0 amide bonds. The third-order valence-electron chi connectivity index (χ3n) is 7.66. The molecule has 1 aliphatic rings. The molecule has 1 heterocycles. The lowest BCUT2D eigenvalue weighted by atomic mass is 9.84. The Morgan fingerprint density at radius 3 is 1.63 bits per heavy atom. The summed E-state index contributed by atoms with van der Waals surface area (Å²) >= 11 is 0. The smallest absolute Gasteiger partial charge is 0.343 e. The molecular weight excluding hydrogens is 632 g/mol. The highest BCUT2D eigenvalue weighted by molar-refractivity contribution is 5.92. The van der Waals surface area contributed by atoms with E-state index < -0.39 is 17.9 Å². The monoisotopic (exact) mass is 676 g/mol. The number of rotatable bonds is 21. The van der Waals surface area contributed by atoms with Gasteiger partial charge in [-0.3, -0.25) is 0 Å². The summed E-state index contributed by atoms with van der Waals surface area (Å²) in [4.78, 5) is 36.5. The minimum Gasteiger partial charge on any atom is -0.494 e. The summed E-state index contributed by atoms with van der Waals surface area (Å²) < 4.78 is 43.7. The molecule has 49 heavy (non-hydrogen) atoms. The maximum atomic E-state index is 12.6. The lowest BCUT2D eigenvalue weighted by Gasteiger charge is -2.40. The van der Waals surface area contributed by atoms with Gasteiger partial charge in [0.2, 0.25) is 0 Å². The summed E-state index contributed by atoms with van der Waals surface area (Å²) in [5, 5.41) is 0.